The van der Waals surface area contributed by atoms with Crippen molar-refractivity contribution in [1.82, 2.24) is 0 Å². The minimum Gasteiger partial charge on any atom is -0.462 e. The molecule has 2 aromatic rings. The Morgan fingerprint density at radius 2 is 1.12 bits per heavy atom. The lowest BCUT2D eigenvalue weighted by Crippen LogP contribution is -1.99. The van der Waals surface area contributed by atoms with Crippen LogP contribution in [0.3, 0.4) is 0 Å². The summed E-state index contributed by atoms with van der Waals surface area (Å²) in [5.74, 6) is 3.51. The molecule has 2 aromatic carbocycles. The van der Waals surface area contributed by atoms with E-state index < -0.39 is 0 Å². The molecule has 1 aliphatic rings. The third-order valence-electron chi connectivity index (χ3n) is 3.65. The monoisotopic (exact) mass is 322 g/mol. The topological polar surface area (TPSA) is 18.5 Å². The van der Waals surface area contributed by atoms with E-state index in [1.807, 2.05) is 62.4 Å². The van der Waals surface area contributed by atoms with Crippen LogP contribution in [0.5, 0.6) is 17.2 Å². The number of allylic oxidation sites excluding steroid dienone is 4. The summed E-state index contributed by atoms with van der Waals surface area (Å²) in [5.41, 5.74) is 2.62. The zero-order valence-electron chi connectivity index (χ0n) is 15.0. The van der Waals surface area contributed by atoms with Gasteiger partial charge in [0.2, 0.25) is 0 Å². The summed E-state index contributed by atoms with van der Waals surface area (Å²) in [6.07, 6.45) is 6.20. The van der Waals surface area contributed by atoms with Gasteiger partial charge in [0.15, 0.2) is 0 Å². The van der Waals surface area contributed by atoms with Crippen molar-refractivity contribution in [2.24, 2.45) is 0 Å². The molecule has 0 fully saturated rings. The van der Waals surface area contributed by atoms with Crippen LogP contribution in [0.2, 0.25) is 0 Å². The summed E-state index contributed by atoms with van der Waals surface area (Å²) in [6, 6.07) is 15.8. The molecule has 3 rings (SSSR count). The van der Waals surface area contributed by atoms with E-state index in [9.17, 15) is 0 Å². The first-order valence-corrected chi connectivity index (χ1v) is 8.58. The van der Waals surface area contributed by atoms with Crippen molar-refractivity contribution < 1.29 is 9.47 Å². The highest BCUT2D eigenvalue weighted by atomic mass is 16.5. The molecule has 126 valence electrons. The van der Waals surface area contributed by atoms with Gasteiger partial charge in [-0.15, -0.1) is 0 Å². The number of ether oxygens (including phenoxy) is 2. The van der Waals surface area contributed by atoms with Crippen LogP contribution in [0.1, 0.15) is 39.2 Å². The van der Waals surface area contributed by atoms with Crippen LogP contribution in [-0.2, 0) is 0 Å². The first-order chi connectivity index (χ1) is 11.7. The SMILES string of the molecule is CC.CC1=CC=C(Oc2ccc(Oc3ccc(C)cc3)cc2)CC1. The molecule has 1 aliphatic carbocycles. The van der Waals surface area contributed by atoms with E-state index in [1.54, 1.807) is 0 Å². The average Bonchev–Trinajstić information content (AvgIpc) is 2.62. The van der Waals surface area contributed by atoms with Crippen LogP contribution in [0.25, 0.3) is 0 Å². The molecule has 0 aliphatic heterocycles. The molecule has 0 atom stereocenters. The number of rotatable bonds is 4. The Balaban J connectivity index is 0.00000100. The van der Waals surface area contributed by atoms with Gasteiger partial charge in [-0.1, -0.05) is 43.2 Å². The molecular weight excluding hydrogens is 296 g/mol. The number of hydrogen-bond donors (Lipinski definition) is 0. The maximum absolute atomic E-state index is 5.89. The van der Waals surface area contributed by atoms with Gasteiger partial charge in [-0.05, 0) is 62.7 Å². The lowest BCUT2D eigenvalue weighted by atomic mass is 10.1. The van der Waals surface area contributed by atoms with Gasteiger partial charge < -0.3 is 9.47 Å². The van der Waals surface area contributed by atoms with Crippen LogP contribution in [-0.4, -0.2) is 0 Å². The van der Waals surface area contributed by atoms with Gasteiger partial charge >= 0.3 is 0 Å². The van der Waals surface area contributed by atoms with E-state index in [-0.39, 0.29) is 0 Å². The smallest absolute Gasteiger partial charge is 0.127 e. The summed E-state index contributed by atoms with van der Waals surface area (Å²) in [6.45, 7) is 8.21. The third kappa shape index (κ3) is 5.31. The van der Waals surface area contributed by atoms with Crippen molar-refractivity contribution in [1.29, 1.82) is 0 Å². The molecule has 24 heavy (non-hydrogen) atoms. The lowest BCUT2D eigenvalue weighted by molar-refractivity contribution is 0.399. The Bertz CT molecular complexity index is 692. The number of hydrogen-bond acceptors (Lipinski definition) is 2. The molecule has 0 aromatic heterocycles. The van der Waals surface area contributed by atoms with Crippen molar-refractivity contribution >= 4 is 0 Å². The van der Waals surface area contributed by atoms with Gasteiger partial charge in [-0.25, -0.2) is 0 Å². The van der Waals surface area contributed by atoms with Crippen LogP contribution in [0, 0.1) is 6.92 Å². The number of aryl methyl sites for hydroxylation is 1. The van der Waals surface area contributed by atoms with E-state index in [2.05, 4.69) is 26.0 Å². The molecule has 2 nitrogen and oxygen atoms in total. The van der Waals surface area contributed by atoms with E-state index >= 15 is 0 Å². The quantitative estimate of drug-likeness (QED) is 0.615. The third-order valence-corrected chi connectivity index (χ3v) is 3.65. The Hall–Kier alpha value is -2.48. The highest BCUT2D eigenvalue weighted by molar-refractivity contribution is 5.37. The predicted molar refractivity (Wildman–Crippen MR) is 101 cm³/mol. The van der Waals surface area contributed by atoms with Crippen molar-refractivity contribution in [3.63, 3.8) is 0 Å². The summed E-state index contributed by atoms with van der Waals surface area (Å²) >= 11 is 0. The Morgan fingerprint density at radius 1 is 0.625 bits per heavy atom. The Kier molecular flexibility index (Phi) is 6.68. The largest absolute Gasteiger partial charge is 0.462 e. The van der Waals surface area contributed by atoms with Crippen LogP contribution in [0.4, 0.5) is 0 Å². The standard InChI is InChI=1S/C20H20O2.C2H6/c1-15-3-7-17(8-4-15)21-19-11-13-20(14-12-19)22-18-9-5-16(2)6-10-18;1-2/h3-5,7-9,11-14H,6,10H2,1-2H3;1-2H3. The normalized spacial score (nSPS) is 13.2. The first kappa shape index (κ1) is 17.9. The van der Waals surface area contributed by atoms with Crippen LogP contribution in [0.15, 0.2) is 72.0 Å². The van der Waals surface area contributed by atoms with E-state index in [0.29, 0.717) is 0 Å². The molecule has 0 bridgehead atoms. The van der Waals surface area contributed by atoms with Crippen molar-refractivity contribution in [2.75, 3.05) is 0 Å². The van der Waals surface area contributed by atoms with Crippen molar-refractivity contribution in [3.05, 3.63) is 77.6 Å². The van der Waals surface area contributed by atoms with E-state index in [0.717, 1.165) is 35.8 Å². The molecule has 0 unspecified atom stereocenters. The first-order valence-electron chi connectivity index (χ1n) is 8.58. The molecule has 0 saturated carbocycles. The molecule has 0 radical (unpaired) electrons. The number of benzene rings is 2. The molecule has 0 spiro atoms. The molecular formula is C22H26O2. The second-order valence-corrected chi connectivity index (χ2v) is 5.63. The van der Waals surface area contributed by atoms with Gasteiger partial charge in [0, 0.05) is 6.42 Å². The molecule has 0 N–H and O–H groups in total. The summed E-state index contributed by atoms with van der Waals surface area (Å²) in [4.78, 5) is 0. The lowest BCUT2D eigenvalue weighted by Gasteiger charge is -2.14. The zero-order chi connectivity index (χ0) is 17.4. The zero-order valence-corrected chi connectivity index (χ0v) is 15.0. The predicted octanol–water partition coefficient (Wildman–Crippen LogP) is 6.82. The van der Waals surface area contributed by atoms with Crippen LogP contribution >= 0.6 is 0 Å². The highest BCUT2D eigenvalue weighted by Gasteiger charge is 2.06. The Morgan fingerprint density at radius 3 is 1.62 bits per heavy atom. The maximum Gasteiger partial charge on any atom is 0.127 e. The molecule has 0 amide bonds. The van der Waals surface area contributed by atoms with Gasteiger partial charge in [0.25, 0.3) is 0 Å². The van der Waals surface area contributed by atoms with Gasteiger partial charge in [0.1, 0.15) is 23.0 Å². The van der Waals surface area contributed by atoms with Crippen molar-refractivity contribution in [2.45, 2.75) is 40.5 Å². The molecule has 2 heteroatoms. The summed E-state index contributed by atoms with van der Waals surface area (Å²) in [7, 11) is 0. The van der Waals surface area contributed by atoms with Gasteiger partial charge in [-0.2, -0.15) is 0 Å². The highest BCUT2D eigenvalue weighted by Crippen LogP contribution is 2.26. The van der Waals surface area contributed by atoms with Gasteiger partial charge in [-0.3, -0.25) is 0 Å². The molecule has 0 heterocycles. The fourth-order valence-electron chi connectivity index (χ4n) is 2.28. The summed E-state index contributed by atoms with van der Waals surface area (Å²) in [5, 5.41) is 0. The average molecular weight is 322 g/mol. The van der Waals surface area contributed by atoms with E-state index in [4.69, 9.17) is 9.47 Å². The minimum atomic E-state index is 0.810. The van der Waals surface area contributed by atoms with Crippen molar-refractivity contribution in [3.8, 4) is 17.2 Å². The minimum absolute atomic E-state index is 0.810. The summed E-state index contributed by atoms with van der Waals surface area (Å²) < 4.78 is 11.7. The molecule has 0 saturated heterocycles. The Labute approximate surface area is 145 Å². The van der Waals surface area contributed by atoms with Gasteiger partial charge in [0.05, 0.1) is 0 Å². The van der Waals surface area contributed by atoms with E-state index in [1.165, 1.54) is 11.1 Å². The fraction of sp³-hybridized carbons (Fsp3) is 0.273. The van der Waals surface area contributed by atoms with Crippen LogP contribution < -0.4 is 9.47 Å². The second kappa shape index (κ2) is 8.97. The second-order valence-electron chi connectivity index (χ2n) is 5.63. The maximum atomic E-state index is 5.89. The fourth-order valence-corrected chi connectivity index (χ4v) is 2.28.